The molecule has 1 amide bonds. The Bertz CT molecular complexity index is 2650. The summed E-state index contributed by atoms with van der Waals surface area (Å²) in [7, 11) is 0. The molecule has 1 aliphatic rings. The number of aromatic nitrogens is 2. The zero-order valence-corrected chi connectivity index (χ0v) is 27.5. The predicted molar refractivity (Wildman–Crippen MR) is 209 cm³/mol. The molecule has 1 aromatic heterocycles. The third-order valence-electron chi connectivity index (χ3n) is 9.72. The van der Waals surface area contributed by atoms with Crippen LogP contribution in [0.15, 0.2) is 132 Å². The van der Waals surface area contributed by atoms with Gasteiger partial charge in [-0.05, 0) is 90.6 Å². The van der Waals surface area contributed by atoms with Gasteiger partial charge in [0.1, 0.15) is 0 Å². The summed E-state index contributed by atoms with van der Waals surface area (Å²) < 4.78 is 0. The highest BCUT2D eigenvalue weighted by molar-refractivity contribution is 6.10. The molecule has 7 aromatic carbocycles. The SMILES string of the molecule is CC1CC(=O)NN=C1c1ccc2nc(C=Cc3c4ccccc4cc4ccccc34)c(C=Cc3c4ccccc4cc4ccccc34)nc2c1. The molecule has 1 atom stereocenters. The molecule has 0 radical (unpaired) electrons. The van der Waals surface area contributed by atoms with Crippen molar-refractivity contribution in [3.05, 3.63) is 155 Å². The zero-order valence-electron chi connectivity index (χ0n) is 27.5. The molecule has 8 aromatic rings. The van der Waals surface area contributed by atoms with E-state index in [1.807, 2.05) is 25.1 Å². The summed E-state index contributed by atoms with van der Waals surface area (Å²) in [4.78, 5) is 22.4. The standard InChI is InChI=1S/C45H32N4O/c1-28-24-44(50)48-49-45(28)33-18-21-42-43(27-33)47-41(23-20-39-36-16-8-4-12-31(36)26-32-13-5-9-17-37(32)39)40(46-42)22-19-38-34-14-6-2-10-29(34)25-30-11-3-7-15-35(30)38/h2-23,25-28H,24H2,1H3,(H,48,50). The maximum atomic E-state index is 12.0. The second-order valence-electron chi connectivity index (χ2n) is 13.0. The van der Waals surface area contributed by atoms with Gasteiger partial charge in [-0.15, -0.1) is 0 Å². The monoisotopic (exact) mass is 644 g/mol. The Morgan fingerprint density at radius 1 is 0.560 bits per heavy atom. The molecule has 0 aliphatic carbocycles. The van der Waals surface area contributed by atoms with E-state index in [0.717, 1.165) is 44.8 Å². The Hall–Kier alpha value is -6.46. The van der Waals surface area contributed by atoms with Crippen LogP contribution in [-0.2, 0) is 4.79 Å². The van der Waals surface area contributed by atoms with Gasteiger partial charge in [-0.25, -0.2) is 15.4 Å². The van der Waals surface area contributed by atoms with E-state index in [1.54, 1.807) is 0 Å². The van der Waals surface area contributed by atoms with Crippen LogP contribution in [0.25, 0.3) is 78.4 Å². The molecular weight excluding hydrogens is 613 g/mol. The number of rotatable bonds is 5. The minimum atomic E-state index is -0.0642. The number of hydrogen-bond donors (Lipinski definition) is 1. The largest absolute Gasteiger partial charge is 0.273 e. The summed E-state index contributed by atoms with van der Waals surface area (Å²) >= 11 is 0. The van der Waals surface area contributed by atoms with Crippen molar-refractivity contribution in [1.82, 2.24) is 15.4 Å². The smallest absolute Gasteiger partial charge is 0.240 e. The fourth-order valence-corrected chi connectivity index (χ4v) is 7.27. The lowest BCUT2D eigenvalue weighted by Gasteiger charge is -2.19. The van der Waals surface area contributed by atoms with Crippen LogP contribution < -0.4 is 5.43 Å². The van der Waals surface area contributed by atoms with Crippen molar-refractivity contribution in [3.8, 4) is 0 Å². The highest BCUT2D eigenvalue weighted by Gasteiger charge is 2.22. The number of carbonyl (C=O) groups is 1. The zero-order chi connectivity index (χ0) is 33.6. The van der Waals surface area contributed by atoms with Crippen LogP contribution in [0.3, 0.4) is 0 Å². The molecule has 9 rings (SSSR count). The van der Waals surface area contributed by atoms with Gasteiger partial charge >= 0.3 is 0 Å². The molecule has 0 bridgehead atoms. The Morgan fingerprint density at radius 2 is 1.02 bits per heavy atom. The molecule has 0 saturated heterocycles. The topological polar surface area (TPSA) is 67.2 Å². The lowest BCUT2D eigenvalue weighted by Crippen LogP contribution is -2.31. The minimum absolute atomic E-state index is 0.00546. The first-order valence-corrected chi connectivity index (χ1v) is 16.9. The van der Waals surface area contributed by atoms with Gasteiger partial charge in [0.2, 0.25) is 5.91 Å². The van der Waals surface area contributed by atoms with Crippen LogP contribution in [0.4, 0.5) is 0 Å². The lowest BCUT2D eigenvalue weighted by atomic mass is 9.94. The maximum Gasteiger partial charge on any atom is 0.240 e. The first kappa shape index (κ1) is 29.7. The van der Waals surface area contributed by atoms with E-state index in [0.29, 0.717) is 6.42 Å². The molecule has 1 unspecified atom stereocenters. The average Bonchev–Trinajstić information content (AvgIpc) is 3.14. The lowest BCUT2D eigenvalue weighted by molar-refractivity contribution is -0.121. The summed E-state index contributed by atoms with van der Waals surface area (Å²) in [5.74, 6) is -0.0588. The molecule has 5 nitrogen and oxygen atoms in total. The molecular formula is C45H32N4O. The van der Waals surface area contributed by atoms with Gasteiger partial charge in [0.05, 0.1) is 28.1 Å². The molecule has 1 aliphatic heterocycles. The van der Waals surface area contributed by atoms with E-state index in [1.165, 1.54) is 43.1 Å². The maximum absolute atomic E-state index is 12.0. The second kappa shape index (κ2) is 12.2. The van der Waals surface area contributed by atoms with Crippen molar-refractivity contribution >= 4 is 90.0 Å². The van der Waals surface area contributed by atoms with E-state index in [-0.39, 0.29) is 11.8 Å². The number of benzene rings is 7. The second-order valence-corrected chi connectivity index (χ2v) is 13.0. The molecule has 50 heavy (non-hydrogen) atoms. The van der Waals surface area contributed by atoms with E-state index in [9.17, 15) is 4.79 Å². The van der Waals surface area contributed by atoms with Crippen LogP contribution in [0.2, 0.25) is 0 Å². The molecule has 2 heterocycles. The van der Waals surface area contributed by atoms with Crippen LogP contribution in [0.5, 0.6) is 0 Å². The molecule has 0 spiro atoms. The quantitative estimate of drug-likeness (QED) is 0.190. The predicted octanol–water partition coefficient (Wildman–Crippen LogP) is 10.4. The molecule has 0 fully saturated rings. The van der Waals surface area contributed by atoms with Crippen molar-refractivity contribution in [2.45, 2.75) is 13.3 Å². The Morgan fingerprint density at radius 3 is 1.50 bits per heavy atom. The number of carbonyl (C=O) groups excluding carboxylic acids is 1. The van der Waals surface area contributed by atoms with Gasteiger partial charge in [0, 0.05) is 17.9 Å². The summed E-state index contributed by atoms with van der Waals surface area (Å²) in [5, 5.41) is 13.9. The van der Waals surface area contributed by atoms with Gasteiger partial charge < -0.3 is 0 Å². The number of amides is 1. The Kier molecular flexibility index (Phi) is 7.24. The highest BCUT2D eigenvalue weighted by Crippen LogP contribution is 2.32. The van der Waals surface area contributed by atoms with Crippen molar-refractivity contribution in [3.63, 3.8) is 0 Å². The van der Waals surface area contributed by atoms with Crippen LogP contribution in [-0.4, -0.2) is 21.6 Å². The highest BCUT2D eigenvalue weighted by atomic mass is 16.2. The third kappa shape index (κ3) is 5.30. The van der Waals surface area contributed by atoms with Crippen molar-refractivity contribution in [2.75, 3.05) is 0 Å². The number of hydrazone groups is 1. The fraction of sp³-hybridized carbons (Fsp3) is 0.0667. The summed E-state index contributed by atoms with van der Waals surface area (Å²) in [6, 6.07) is 44.6. The van der Waals surface area contributed by atoms with Gasteiger partial charge in [-0.3, -0.25) is 4.79 Å². The van der Waals surface area contributed by atoms with Crippen LogP contribution in [0.1, 0.15) is 41.4 Å². The number of fused-ring (bicyclic) bond motifs is 5. The Balaban J connectivity index is 1.24. The number of hydrogen-bond acceptors (Lipinski definition) is 4. The first-order chi connectivity index (χ1) is 24.6. The molecule has 1 N–H and O–H groups in total. The van der Waals surface area contributed by atoms with Crippen LogP contribution in [0, 0.1) is 5.92 Å². The summed E-state index contributed by atoms with van der Waals surface area (Å²) in [5.41, 5.74) is 9.82. The Labute approximate surface area is 289 Å². The summed E-state index contributed by atoms with van der Waals surface area (Å²) in [6.07, 6.45) is 8.95. The molecule has 238 valence electrons. The minimum Gasteiger partial charge on any atom is -0.273 e. The van der Waals surface area contributed by atoms with Gasteiger partial charge in [-0.2, -0.15) is 5.10 Å². The average molecular weight is 645 g/mol. The van der Waals surface area contributed by atoms with Gasteiger partial charge in [0.25, 0.3) is 0 Å². The van der Waals surface area contributed by atoms with E-state index in [2.05, 4.69) is 144 Å². The van der Waals surface area contributed by atoms with Crippen molar-refractivity contribution in [1.29, 1.82) is 0 Å². The van der Waals surface area contributed by atoms with Gasteiger partial charge in [0.15, 0.2) is 0 Å². The summed E-state index contributed by atoms with van der Waals surface area (Å²) in [6.45, 7) is 2.03. The number of nitrogens with zero attached hydrogens (tertiary/aromatic N) is 3. The molecule has 0 saturated carbocycles. The normalized spacial score (nSPS) is 15.2. The fourth-order valence-electron chi connectivity index (χ4n) is 7.27. The van der Waals surface area contributed by atoms with Crippen molar-refractivity contribution < 1.29 is 4.79 Å². The van der Waals surface area contributed by atoms with E-state index < -0.39 is 0 Å². The van der Waals surface area contributed by atoms with E-state index in [4.69, 9.17) is 9.97 Å². The van der Waals surface area contributed by atoms with Crippen LogP contribution >= 0.6 is 0 Å². The number of nitrogens with one attached hydrogen (secondary N) is 1. The molecule has 5 heteroatoms. The first-order valence-electron chi connectivity index (χ1n) is 16.9. The van der Waals surface area contributed by atoms with Crippen molar-refractivity contribution in [2.24, 2.45) is 11.0 Å². The van der Waals surface area contributed by atoms with E-state index >= 15 is 0 Å². The third-order valence-corrected chi connectivity index (χ3v) is 9.72. The van der Waals surface area contributed by atoms with Gasteiger partial charge in [-0.1, -0.05) is 122 Å².